The number of hydrogen-bond acceptors (Lipinski definition) is 6. The molecule has 1 saturated heterocycles. The van der Waals surface area contributed by atoms with Gasteiger partial charge in [-0.3, -0.25) is 4.90 Å². The van der Waals surface area contributed by atoms with Crippen LogP contribution in [0.5, 0.6) is 11.5 Å². The topological polar surface area (TPSA) is 89.9 Å². The lowest BCUT2D eigenvalue weighted by Gasteiger charge is -2.30. The van der Waals surface area contributed by atoms with Crippen molar-refractivity contribution in [2.75, 3.05) is 64.8 Å². The average Bonchev–Trinajstić information content (AvgIpc) is 2.84. The van der Waals surface area contributed by atoms with Gasteiger partial charge in [-0.05, 0) is 29.8 Å². The number of carbonyl (C=O) groups is 1. The molecule has 8 heteroatoms. The number of nitriles is 1. The molecular weight excluding hydrogens is 418 g/mol. The summed E-state index contributed by atoms with van der Waals surface area (Å²) in [7, 11) is 1.59. The van der Waals surface area contributed by atoms with Crippen LogP contribution >= 0.6 is 0 Å². The average molecular weight is 450 g/mol. The maximum Gasteiger partial charge on any atom is 0.322 e. The number of para-hydroxylation sites is 1. The first kappa shape index (κ1) is 24.1. The highest BCUT2D eigenvalue weighted by molar-refractivity contribution is 5.89. The van der Waals surface area contributed by atoms with Gasteiger partial charge in [0.15, 0.2) is 0 Å². The van der Waals surface area contributed by atoms with Crippen LogP contribution in [0.4, 0.5) is 10.5 Å². The zero-order chi connectivity index (χ0) is 23.5. The van der Waals surface area contributed by atoms with Crippen LogP contribution in [0.2, 0.25) is 0 Å². The van der Waals surface area contributed by atoms with Crippen LogP contribution in [0.15, 0.2) is 60.7 Å². The van der Waals surface area contributed by atoms with Crippen LogP contribution in [-0.4, -0.2) is 75.4 Å². The monoisotopic (exact) mass is 449 g/mol. The van der Waals surface area contributed by atoms with E-state index in [1.807, 2.05) is 24.3 Å². The quantitative estimate of drug-likeness (QED) is 0.542. The molecule has 2 aromatic carbocycles. The molecule has 0 radical (unpaired) electrons. The van der Waals surface area contributed by atoms with Gasteiger partial charge < -0.3 is 25.0 Å². The van der Waals surface area contributed by atoms with Crippen molar-refractivity contribution >= 4 is 11.7 Å². The Kier molecular flexibility index (Phi) is 9.12. The Balaban J connectivity index is 1.64. The van der Waals surface area contributed by atoms with Crippen molar-refractivity contribution in [3.05, 3.63) is 66.2 Å². The molecular formula is C25H31N5O3. The lowest BCUT2D eigenvalue weighted by Crippen LogP contribution is -2.45. The normalized spacial score (nSPS) is 13.6. The minimum Gasteiger partial charge on any atom is -0.497 e. The van der Waals surface area contributed by atoms with Gasteiger partial charge in [0.1, 0.15) is 24.2 Å². The third-order valence-corrected chi connectivity index (χ3v) is 5.31. The second-order valence-corrected chi connectivity index (χ2v) is 7.82. The first-order chi connectivity index (χ1) is 16.1. The summed E-state index contributed by atoms with van der Waals surface area (Å²) >= 11 is 0. The van der Waals surface area contributed by atoms with Gasteiger partial charge >= 0.3 is 6.03 Å². The van der Waals surface area contributed by atoms with E-state index in [-0.39, 0.29) is 12.6 Å². The SMILES string of the molecule is C=C(CN1CCNCC1)CN(CCOc1ccccc1C#N)C(=O)Nc1cccc(OC)c1. The Morgan fingerprint density at radius 1 is 1.24 bits per heavy atom. The Bertz CT molecular complexity index is 982. The summed E-state index contributed by atoms with van der Waals surface area (Å²) in [5.41, 5.74) is 2.07. The molecule has 3 rings (SSSR count). The lowest BCUT2D eigenvalue weighted by atomic mass is 10.2. The summed E-state index contributed by atoms with van der Waals surface area (Å²) in [6, 6.07) is 16.2. The van der Waals surface area contributed by atoms with E-state index in [9.17, 15) is 10.1 Å². The van der Waals surface area contributed by atoms with Crippen molar-refractivity contribution in [3.8, 4) is 17.6 Å². The number of ether oxygens (including phenoxy) is 2. The molecule has 8 nitrogen and oxygen atoms in total. The van der Waals surface area contributed by atoms with Gasteiger partial charge in [0.25, 0.3) is 0 Å². The number of nitrogens with one attached hydrogen (secondary N) is 2. The molecule has 2 N–H and O–H groups in total. The van der Waals surface area contributed by atoms with Gasteiger partial charge in [0.2, 0.25) is 0 Å². The number of urea groups is 1. The smallest absolute Gasteiger partial charge is 0.322 e. The highest BCUT2D eigenvalue weighted by Crippen LogP contribution is 2.18. The summed E-state index contributed by atoms with van der Waals surface area (Å²) < 4.78 is 11.1. The van der Waals surface area contributed by atoms with E-state index in [1.165, 1.54) is 0 Å². The number of amides is 2. The number of rotatable bonds is 10. The molecule has 0 unspecified atom stereocenters. The fourth-order valence-corrected chi connectivity index (χ4v) is 3.61. The summed E-state index contributed by atoms with van der Waals surface area (Å²) in [6.45, 7) is 9.79. The summed E-state index contributed by atoms with van der Waals surface area (Å²) in [6.07, 6.45) is 0. The van der Waals surface area contributed by atoms with Crippen molar-refractivity contribution in [3.63, 3.8) is 0 Å². The molecule has 0 bridgehead atoms. The van der Waals surface area contributed by atoms with Gasteiger partial charge in [-0.25, -0.2) is 4.79 Å². The molecule has 174 valence electrons. The van der Waals surface area contributed by atoms with Crippen molar-refractivity contribution in [2.24, 2.45) is 0 Å². The molecule has 0 saturated carbocycles. The predicted molar refractivity (Wildman–Crippen MR) is 129 cm³/mol. The van der Waals surface area contributed by atoms with Gasteiger partial charge in [0.05, 0.1) is 19.2 Å². The van der Waals surface area contributed by atoms with Crippen molar-refractivity contribution in [1.82, 2.24) is 15.1 Å². The zero-order valence-electron chi connectivity index (χ0n) is 19.0. The summed E-state index contributed by atoms with van der Waals surface area (Å²) in [5, 5.41) is 15.5. The van der Waals surface area contributed by atoms with Crippen LogP contribution in [0.25, 0.3) is 0 Å². The molecule has 1 aliphatic rings. The van der Waals surface area contributed by atoms with Crippen LogP contribution in [0, 0.1) is 11.3 Å². The minimum absolute atomic E-state index is 0.248. The maximum atomic E-state index is 13.1. The third-order valence-electron chi connectivity index (χ3n) is 5.31. The summed E-state index contributed by atoms with van der Waals surface area (Å²) in [5.74, 6) is 1.17. The molecule has 0 aromatic heterocycles. The fourth-order valence-electron chi connectivity index (χ4n) is 3.61. The molecule has 2 amide bonds. The van der Waals surface area contributed by atoms with E-state index in [0.29, 0.717) is 35.8 Å². The predicted octanol–water partition coefficient (Wildman–Crippen LogP) is 2.94. The molecule has 1 aliphatic heterocycles. The standard InChI is InChI=1S/C25H31N5O3/c1-20(18-29-12-10-27-11-13-29)19-30(14-15-33-24-9-4-3-6-21(24)17-26)25(31)28-22-7-5-8-23(16-22)32-2/h3-9,16,27H,1,10-15,18-19H2,2H3,(H,28,31). The molecule has 0 spiro atoms. The van der Waals surface area contributed by atoms with E-state index < -0.39 is 0 Å². The molecule has 1 fully saturated rings. The number of hydrogen-bond donors (Lipinski definition) is 2. The number of nitrogens with zero attached hydrogens (tertiary/aromatic N) is 3. The largest absolute Gasteiger partial charge is 0.497 e. The molecule has 33 heavy (non-hydrogen) atoms. The van der Waals surface area contributed by atoms with E-state index in [0.717, 1.165) is 38.3 Å². The van der Waals surface area contributed by atoms with E-state index in [2.05, 4.69) is 28.2 Å². The van der Waals surface area contributed by atoms with Gasteiger partial charge in [-0.1, -0.05) is 24.8 Å². The lowest BCUT2D eigenvalue weighted by molar-refractivity contribution is 0.196. The van der Waals surface area contributed by atoms with Gasteiger partial charge in [-0.15, -0.1) is 0 Å². The Morgan fingerprint density at radius 3 is 2.79 bits per heavy atom. The van der Waals surface area contributed by atoms with Crippen molar-refractivity contribution in [1.29, 1.82) is 5.26 Å². The van der Waals surface area contributed by atoms with E-state index >= 15 is 0 Å². The second kappa shape index (κ2) is 12.5. The minimum atomic E-state index is -0.248. The van der Waals surface area contributed by atoms with Crippen molar-refractivity contribution < 1.29 is 14.3 Å². The summed E-state index contributed by atoms with van der Waals surface area (Å²) in [4.78, 5) is 17.1. The van der Waals surface area contributed by atoms with Gasteiger partial charge in [0, 0.05) is 51.0 Å². The second-order valence-electron chi connectivity index (χ2n) is 7.82. The Morgan fingerprint density at radius 2 is 2.03 bits per heavy atom. The Labute approximate surface area is 195 Å². The number of anilines is 1. The molecule has 2 aromatic rings. The molecule has 0 atom stereocenters. The third kappa shape index (κ3) is 7.52. The van der Waals surface area contributed by atoms with Gasteiger partial charge in [-0.2, -0.15) is 5.26 Å². The van der Waals surface area contributed by atoms with Crippen LogP contribution < -0.4 is 20.1 Å². The Hall–Kier alpha value is -3.54. The van der Waals surface area contributed by atoms with E-state index in [1.54, 1.807) is 36.3 Å². The number of benzene rings is 2. The number of carbonyl (C=O) groups excluding carboxylic acids is 1. The van der Waals surface area contributed by atoms with Crippen molar-refractivity contribution in [2.45, 2.75) is 0 Å². The van der Waals surface area contributed by atoms with Crippen LogP contribution in [0.1, 0.15) is 5.56 Å². The fraction of sp³-hybridized carbons (Fsp3) is 0.360. The first-order valence-electron chi connectivity index (χ1n) is 11.0. The highest BCUT2D eigenvalue weighted by Gasteiger charge is 2.18. The molecule has 0 aliphatic carbocycles. The molecule has 1 heterocycles. The van der Waals surface area contributed by atoms with E-state index in [4.69, 9.17) is 9.47 Å². The van der Waals surface area contributed by atoms with Crippen LogP contribution in [0.3, 0.4) is 0 Å². The first-order valence-corrected chi connectivity index (χ1v) is 11.0. The number of piperazine rings is 1. The van der Waals surface area contributed by atoms with Crippen LogP contribution in [-0.2, 0) is 0 Å². The number of methoxy groups -OCH3 is 1. The highest BCUT2D eigenvalue weighted by atomic mass is 16.5. The maximum absolute atomic E-state index is 13.1. The zero-order valence-corrected chi connectivity index (χ0v) is 19.0.